The second-order valence-electron chi connectivity index (χ2n) is 8.86. The quantitative estimate of drug-likeness (QED) is 0.464. The highest BCUT2D eigenvalue weighted by Gasteiger charge is 2.16. The second-order valence-corrected chi connectivity index (χ2v) is 8.86. The van der Waals surface area contributed by atoms with Crippen molar-refractivity contribution in [2.24, 2.45) is 0 Å². The third-order valence-electron chi connectivity index (χ3n) is 5.85. The summed E-state index contributed by atoms with van der Waals surface area (Å²) in [7, 11) is 0. The van der Waals surface area contributed by atoms with Crippen LogP contribution in [0.5, 0.6) is 0 Å². The monoisotopic (exact) mass is 532 g/mol. The Balaban J connectivity index is 0.000000211. The van der Waals surface area contributed by atoms with Gasteiger partial charge in [0.2, 0.25) is 5.43 Å². The van der Waals surface area contributed by atoms with Gasteiger partial charge in [-0.05, 0) is 51.4 Å². The van der Waals surface area contributed by atoms with Gasteiger partial charge in [0.05, 0.1) is 6.26 Å². The molecule has 4 heterocycles. The lowest BCUT2D eigenvalue weighted by Crippen LogP contribution is -2.22. The van der Waals surface area contributed by atoms with E-state index in [-0.39, 0.29) is 55.4 Å². The third kappa shape index (κ3) is 10.5. The van der Waals surface area contributed by atoms with Crippen molar-refractivity contribution in [3.05, 3.63) is 67.8 Å². The summed E-state index contributed by atoms with van der Waals surface area (Å²) in [4.78, 5) is 23.4. The van der Waals surface area contributed by atoms with E-state index < -0.39 is 0 Å². The van der Waals surface area contributed by atoms with Crippen molar-refractivity contribution in [3.8, 4) is 11.8 Å². The van der Waals surface area contributed by atoms with Crippen LogP contribution in [-0.2, 0) is 38.6 Å². The van der Waals surface area contributed by atoms with Crippen LogP contribution < -0.4 is 10.9 Å². The van der Waals surface area contributed by atoms with Crippen LogP contribution in [0.15, 0.2) is 43.1 Å². The average Bonchev–Trinajstić information content (AvgIpc) is 2.95. The Hall–Kier alpha value is -2.78. The van der Waals surface area contributed by atoms with Gasteiger partial charge in [-0.25, -0.2) is 0 Å². The highest BCUT2D eigenvalue weighted by molar-refractivity contribution is 5.31. The number of rotatable bonds is 9. The van der Waals surface area contributed by atoms with Crippen LogP contribution in [0.3, 0.4) is 0 Å². The Morgan fingerprint density at radius 2 is 1.45 bits per heavy atom. The Labute approximate surface area is 221 Å². The predicted octanol–water partition coefficient (Wildman–Crippen LogP) is 2.63. The Morgan fingerprint density at radius 1 is 0.842 bits per heavy atom. The van der Waals surface area contributed by atoms with Crippen LogP contribution >= 0.6 is 0 Å². The Kier molecular flexibility index (Phi) is 13.3. The summed E-state index contributed by atoms with van der Waals surface area (Å²) in [6, 6.07) is 2.81. The SMILES string of the molecule is O=c1cc(COC2CCCCO2)occ1C#CCO.O=c1cc(COC2CCCCO2)occ1CCCO. The van der Waals surface area contributed by atoms with Gasteiger partial charge in [-0.1, -0.05) is 11.8 Å². The first kappa shape index (κ1) is 29.8. The van der Waals surface area contributed by atoms with E-state index in [1.807, 2.05) is 0 Å². The van der Waals surface area contributed by atoms with Crippen molar-refractivity contribution in [1.29, 1.82) is 0 Å². The molecule has 2 unspecified atom stereocenters. The first-order chi connectivity index (χ1) is 18.6. The van der Waals surface area contributed by atoms with Gasteiger partial charge in [0.25, 0.3) is 0 Å². The first-order valence-corrected chi connectivity index (χ1v) is 13.0. The van der Waals surface area contributed by atoms with Crippen LogP contribution in [-0.4, -0.2) is 49.2 Å². The zero-order valence-electron chi connectivity index (χ0n) is 21.5. The normalized spacial score (nSPS) is 19.1. The molecule has 4 rings (SSSR count). The Morgan fingerprint density at radius 3 is 1.95 bits per heavy atom. The summed E-state index contributed by atoms with van der Waals surface area (Å²) in [6.07, 6.45) is 9.52. The number of aryl methyl sites for hydroxylation is 1. The molecule has 0 amide bonds. The summed E-state index contributed by atoms with van der Waals surface area (Å²) in [5.74, 6) is 5.87. The fourth-order valence-corrected chi connectivity index (χ4v) is 3.79. The molecule has 0 saturated carbocycles. The molecule has 0 aromatic carbocycles. The number of aliphatic hydroxyl groups is 2. The van der Waals surface area contributed by atoms with Gasteiger partial charge >= 0.3 is 0 Å². The molecule has 10 nitrogen and oxygen atoms in total. The molecular formula is C28H36O10. The maximum Gasteiger partial charge on any atom is 0.200 e. The number of hydrogen-bond acceptors (Lipinski definition) is 10. The molecule has 2 N–H and O–H groups in total. The molecular weight excluding hydrogens is 496 g/mol. The van der Waals surface area contributed by atoms with Gasteiger partial charge in [-0.3, -0.25) is 9.59 Å². The minimum atomic E-state index is -0.288. The molecule has 0 spiro atoms. The van der Waals surface area contributed by atoms with E-state index in [1.54, 1.807) is 0 Å². The zero-order valence-corrected chi connectivity index (χ0v) is 21.5. The number of hydrogen-bond donors (Lipinski definition) is 2. The van der Waals surface area contributed by atoms with E-state index in [2.05, 4.69) is 11.8 Å². The van der Waals surface area contributed by atoms with E-state index in [9.17, 15) is 9.59 Å². The molecule has 208 valence electrons. The van der Waals surface area contributed by atoms with Crippen molar-refractivity contribution >= 4 is 0 Å². The van der Waals surface area contributed by atoms with Crippen LogP contribution in [0, 0.1) is 11.8 Å². The Bertz CT molecular complexity index is 1130. The van der Waals surface area contributed by atoms with E-state index in [0.29, 0.717) is 36.5 Å². The van der Waals surface area contributed by atoms with Crippen LogP contribution in [0.2, 0.25) is 0 Å². The lowest BCUT2D eigenvalue weighted by molar-refractivity contribution is -0.171. The first-order valence-electron chi connectivity index (χ1n) is 13.0. The second kappa shape index (κ2) is 16.9. The van der Waals surface area contributed by atoms with Crippen LogP contribution in [0.1, 0.15) is 67.6 Å². The molecule has 0 bridgehead atoms. The van der Waals surface area contributed by atoms with E-state index in [4.69, 9.17) is 38.0 Å². The topological polar surface area (TPSA) is 138 Å². The van der Waals surface area contributed by atoms with Gasteiger partial charge in [-0.15, -0.1) is 0 Å². The molecule has 2 atom stereocenters. The highest BCUT2D eigenvalue weighted by Crippen LogP contribution is 2.16. The highest BCUT2D eigenvalue weighted by atomic mass is 16.7. The van der Waals surface area contributed by atoms with Gasteiger partial charge in [-0.2, -0.15) is 0 Å². The van der Waals surface area contributed by atoms with Gasteiger partial charge < -0.3 is 38.0 Å². The van der Waals surface area contributed by atoms with Gasteiger partial charge in [0.15, 0.2) is 18.0 Å². The fourth-order valence-electron chi connectivity index (χ4n) is 3.79. The van der Waals surface area contributed by atoms with Crippen LogP contribution in [0.25, 0.3) is 0 Å². The van der Waals surface area contributed by atoms with E-state index in [0.717, 1.165) is 45.1 Å². The summed E-state index contributed by atoms with van der Waals surface area (Å²) in [6.45, 7) is 1.68. The van der Waals surface area contributed by atoms with Crippen molar-refractivity contribution < 1.29 is 38.0 Å². The van der Waals surface area contributed by atoms with Gasteiger partial charge in [0, 0.05) is 37.5 Å². The smallest absolute Gasteiger partial charge is 0.200 e. The third-order valence-corrected chi connectivity index (χ3v) is 5.85. The summed E-state index contributed by atoms with van der Waals surface area (Å²) < 4.78 is 32.5. The summed E-state index contributed by atoms with van der Waals surface area (Å²) in [5, 5.41) is 17.3. The molecule has 2 aromatic rings. The van der Waals surface area contributed by atoms with Crippen molar-refractivity contribution in [1.82, 2.24) is 0 Å². The summed E-state index contributed by atoms with van der Waals surface area (Å²) in [5.41, 5.74) is 0.511. The number of aliphatic hydroxyl groups excluding tert-OH is 2. The van der Waals surface area contributed by atoms with Crippen molar-refractivity contribution in [2.75, 3.05) is 26.4 Å². The molecule has 38 heavy (non-hydrogen) atoms. The van der Waals surface area contributed by atoms with Crippen molar-refractivity contribution in [2.45, 2.75) is 77.2 Å². The molecule has 2 aliphatic heterocycles. The minimum Gasteiger partial charge on any atom is -0.466 e. The molecule has 0 aliphatic carbocycles. The van der Waals surface area contributed by atoms with E-state index >= 15 is 0 Å². The molecule has 0 radical (unpaired) electrons. The average molecular weight is 533 g/mol. The fraction of sp³-hybridized carbons (Fsp3) is 0.571. The molecule has 2 saturated heterocycles. The maximum absolute atomic E-state index is 11.8. The zero-order chi connectivity index (χ0) is 27.0. The summed E-state index contributed by atoms with van der Waals surface area (Å²) >= 11 is 0. The molecule has 10 heteroatoms. The largest absolute Gasteiger partial charge is 0.466 e. The van der Waals surface area contributed by atoms with E-state index in [1.165, 1.54) is 24.7 Å². The number of ether oxygens (including phenoxy) is 4. The van der Waals surface area contributed by atoms with Gasteiger partial charge in [0.1, 0.15) is 43.2 Å². The predicted molar refractivity (Wildman–Crippen MR) is 136 cm³/mol. The minimum absolute atomic E-state index is 0.0668. The van der Waals surface area contributed by atoms with Crippen LogP contribution in [0.4, 0.5) is 0 Å². The molecule has 2 aliphatic rings. The lowest BCUT2D eigenvalue weighted by atomic mass is 10.1. The van der Waals surface area contributed by atoms with Crippen molar-refractivity contribution in [3.63, 3.8) is 0 Å². The standard InChI is InChI=1S/C14H20O5.C14H16O5/c2*15-6-3-4-11-9-18-12(8-13(11)16)10-19-14-5-1-2-7-17-14/h8-9,14-15H,1-7,10H2;8-9,14-15H,1-2,5-7,10H2. The molecule has 2 aromatic heterocycles. The lowest BCUT2D eigenvalue weighted by Gasteiger charge is -2.22. The maximum atomic E-state index is 11.8. The molecule has 2 fully saturated rings.